The number of hydrogen-bond donors (Lipinski definition) is 1. The van der Waals surface area contributed by atoms with E-state index in [4.69, 9.17) is 23.2 Å². The van der Waals surface area contributed by atoms with Crippen LogP contribution in [-0.4, -0.2) is 25.3 Å². The summed E-state index contributed by atoms with van der Waals surface area (Å²) in [6.45, 7) is 1.25. The summed E-state index contributed by atoms with van der Waals surface area (Å²) < 4.78 is 52.3. The van der Waals surface area contributed by atoms with Crippen molar-refractivity contribution in [2.24, 2.45) is 0 Å². The highest BCUT2D eigenvalue weighted by Crippen LogP contribution is 2.41. The number of Topliss-reactive ketones (excluding diaryl/α,β-unsaturated/α-hetero) is 1. The van der Waals surface area contributed by atoms with Gasteiger partial charge in [0.25, 0.3) is 5.03 Å². The van der Waals surface area contributed by atoms with Crippen molar-refractivity contribution < 1.29 is 22.5 Å². The summed E-state index contributed by atoms with van der Waals surface area (Å²) >= 11 is 10.8. The van der Waals surface area contributed by atoms with Crippen molar-refractivity contribution in [3.05, 3.63) is 76.3 Å². The number of carbonyl (C=O) groups is 1. The molecule has 0 radical (unpaired) electrons. The molecule has 1 N–H and O–H groups in total. The third-order valence-corrected chi connectivity index (χ3v) is 6.67. The molecule has 174 valence electrons. The Kier molecular flexibility index (Phi) is 6.68. The van der Waals surface area contributed by atoms with E-state index in [1.807, 2.05) is 0 Å². The predicted molar refractivity (Wildman–Crippen MR) is 123 cm³/mol. The molecule has 2 heterocycles. The molecule has 6 nitrogen and oxygen atoms in total. The van der Waals surface area contributed by atoms with Crippen LogP contribution in [0.1, 0.15) is 22.8 Å². The summed E-state index contributed by atoms with van der Waals surface area (Å²) in [7, 11) is 0. The Balaban J connectivity index is 1.97. The maximum atomic E-state index is 13.4. The molecule has 0 fully saturated rings. The first kappa shape index (κ1) is 24.2. The number of ketones is 1. The number of nitrogens with one attached hydrogen (secondary N) is 1. The normalized spacial score (nSPS) is 12.6. The second-order valence-electron chi connectivity index (χ2n) is 7.02. The smallest absolute Gasteiger partial charge is 0.416 e. The second kappa shape index (κ2) is 9.38. The second-order valence-corrected chi connectivity index (χ2v) is 9.23. The summed E-state index contributed by atoms with van der Waals surface area (Å²) in [5, 5.41) is 3.45. The lowest BCUT2D eigenvalue weighted by atomic mass is 10.1. The van der Waals surface area contributed by atoms with Gasteiger partial charge in [-0.05, 0) is 43.3 Å². The van der Waals surface area contributed by atoms with E-state index in [1.54, 1.807) is 0 Å². The van der Waals surface area contributed by atoms with Crippen molar-refractivity contribution >= 4 is 62.4 Å². The largest absolute Gasteiger partial charge is 0.605 e. The standard InChI is InChI=1S/C22H13Cl2F3N4O2S/c1-11(32)17-20(30-13-4-2-12(3-5-13)22(25,26)27)18-15(23)6-7-16(24)19(18)31-21(17)34(33)14-8-28-10-29-9-14/h2-10H,1H3,(H,30,31). The van der Waals surface area contributed by atoms with E-state index < -0.39 is 28.7 Å². The molecule has 0 saturated heterocycles. The van der Waals surface area contributed by atoms with E-state index in [2.05, 4.69) is 20.3 Å². The van der Waals surface area contributed by atoms with Crippen LogP contribution in [0, 0.1) is 0 Å². The van der Waals surface area contributed by atoms with E-state index in [1.165, 1.54) is 49.9 Å². The molecule has 2 aromatic carbocycles. The number of fused-ring (bicyclic) bond motifs is 1. The Morgan fingerprint density at radius 1 is 1.03 bits per heavy atom. The molecule has 4 aromatic rings. The molecule has 0 amide bonds. The van der Waals surface area contributed by atoms with E-state index in [9.17, 15) is 22.5 Å². The van der Waals surface area contributed by atoms with Gasteiger partial charge in [-0.15, -0.1) is 0 Å². The molecule has 1 atom stereocenters. The first-order valence-electron chi connectivity index (χ1n) is 9.51. The van der Waals surface area contributed by atoms with Gasteiger partial charge in [0.1, 0.15) is 11.9 Å². The minimum atomic E-state index is -4.51. The summed E-state index contributed by atoms with van der Waals surface area (Å²) in [6, 6.07) is 7.20. The average molecular weight is 525 g/mol. The molecule has 0 aliphatic heterocycles. The van der Waals surface area contributed by atoms with Crippen molar-refractivity contribution in [2.75, 3.05) is 5.32 Å². The summed E-state index contributed by atoms with van der Waals surface area (Å²) in [5.74, 6) is -0.500. The number of alkyl halides is 3. The SMILES string of the molecule is CC(=O)c1c([S+]([O-])c2cncnc2)nc2c(Cl)ccc(Cl)c2c1Nc1ccc(C(F)(F)F)cc1. The maximum absolute atomic E-state index is 13.4. The molecule has 0 bridgehead atoms. The third kappa shape index (κ3) is 4.67. The van der Waals surface area contributed by atoms with Gasteiger partial charge in [-0.25, -0.2) is 9.97 Å². The van der Waals surface area contributed by atoms with Crippen LogP contribution in [-0.2, 0) is 17.4 Å². The Hall–Kier alpha value is -2.92. The molecule has 2 aromatic heterocycles. The number of aromatic nitrogens is 3. The highest BCUT2D eigenvalue weighted by Gasteiger charge is 2.32. The zero-order chi connectivity index (χ0) is 24.6. The number of nitrogens with zero attached hydrogens (tertiary/aromatic N) is 3. The predicted octanol–water partition coefficient (Wildman–Crippen LogP) is 6.46. The monoisotopic (exact) mass is 524 g/mol. The van der Waals surface area contributed by atoms with Gasteiger partial charge in [-0.2, -0.15) is 18.2 Å². The summed E-state index contributed by atoms with van der Waals surface area (Å²) in [6.07, 6.45) is -0.609. The van der Waals surface area contributed by atoms with Gasteiger partial charge in [0, 0.05) is 22.2 Å². The van der Waals surface area contributed by atoms with Gasteiger partial charge in [0.05, 0.1) is 39.2 Å². The van der Waals surface area contributed by atoms with Gasteiger partial charge in [-0.1, -0.05) is 23.2 Å². The highest BCUT2D eigenvalue weighted by molar-refractivity contribution is 7.91. The first-order valence-corrected chi connectivity index (χ1v) is 11.4. The lowest BCUT2D eigenvalue weighted by molar-refractivity contribution is -0.137. The van der Waals surface area contributed by atoms with Crippen LogP contribution in [0.5, 0.6) is 0 Å². The van der Waals surface area contributed by atoms with Crippen LogP contribution >= 0.6 is 23.2 Å². The Labute approximate surface area is 204 Å². The van der Waals surface area contributed by atoms with Crippen LogP contribution in [0.2, 0.25) is 10.0 Å². The maximum Gasteiger partial charge on any atom is 0.416 e. The fourth-order valence-corrected chi connectivity index (χ4v) is 4.83. The molecule has 0 spiro atoms. The third-order valence-electron chi connectivity index (χ3n) is 4.77. The number of hydrogen-bond acceptors (Lipinski definition) is 6. The van der Waals surface area contributed by atoms with Crippen LogP contribution in [0.4, 0.5) is 24.5 Å². The van der Waals surface area contributed by atoms with Crippen LogP contribution in [0.25, 0.3) is 10.9 Å². The van der Waals surface area contributed by atoms with Crippen LogP contribution in [0.15, 0.2) is 65.0 Å². The van der Waals surface area contributed by atoms with E-state index in [0.29, 0.717) is 0 Å². The number of halogens is 5. The van der Waals surface area contributed by atoms with Crippen LogP contribution < -0.4 is 5.32 Å². The Morgan fingerprint density at radius 3 is 2.24 bits per heavy atom. The van der Waals surface area contributed by atoms with E-state index in [0.717, 1.165) is 12.1 Å². The topological polar surface area (TPSA) is 90.8 Å². The van der Waals surface area contributed by atoms with E-state index in [-0.39, 0.29) is 47.8 Å². The van der Waals surface area contributed by atoms with Crippen molar-refractivity contribution in [1.82, 2.24) is 15.0 Å². The quantitative estimate of drug-likeness (QED) is 0.238. The van der Waals surface area contributed by atoms with Gasteiger partial charge < -0.3 is 9.87 Å². The highest BCUT2D eigenvalue weighted by atomic mass is 35.5. The van der Waals surface area contributed by atoms with Crippen molar-refractivity contribution in [3.63, 3.8) is 0 Å². The number of anilines is 2. The zero-order valence-electron chi connectivity index (χ0n) is 17.2. The van der Waals surface area contributed by atoms with Gasteiger partial charge in [0.2, 0.25) is 0 Å². The molecular weight excluding hydrogens is 512 g/mol. The molecule has 0 aliphatic carbocycles. The van der Waals surface area contributed by atoms with Crippen molar-refractivity contribution in [3.8, 4) is 0 Å². The Morgan fingerprint density at radius 2 is 1.65 bits per heavy atom. The van der Waals surface area contributed by atoms with Gasteiger partial charge in [0.15, 0.2) is 10.7 Å². The van der Waals surface area contributed by atoms with Gasteiger partial charge >= 0.3 is 6.18 Å². The first-order chi connectivity index (χ1) is 16.1. The fourth-order valence-electron chi connectivity index (χ4n) is 3.24. The minimum absolute atomic E-state index is 0.0567. The molecule has 34 heavy (non-hydrogen) atoms. The fraction of sp³-hybridized carbons (Fsp3) is 0.0909. The summed E-state index contributed by atoms with van der Waals surface area (Å²) in [4.78, 5) is 25.1. The lowest BCUT2D eigenvalue weighted by Crippen LogP contribution is -2.14. The van der Waals surface area contributed by atoms with Crippen molar-refractivity contribution in [2.45, 2.75) is 23.0 Å². The lowest BCUT2D eigenvalue weighted by Gasteiger charge is -2.19. The van der Waals surface area contributed by atoms with Crippen molar-refractivity contribution in [1.29, 1.82) is 0 Å². The molecule has 4 rings (SSSR count). The number of benzene rings is 2. The minimum Gasteiger partial charge on any atom is -0.605 e. The molecule has 12 heteroatoms. The zero-order valence-corrected chi connectivity index (χ0v) is 19.5. The number of pyridine rings is 1. The molecule has 0 saturated carbocycles. The molecular formula is C22H13Cl2F3N4O2S. The van der Waals surface area contributed by atoms with E-state index >= 15 is 0 Å². The van der Waals surface area contributed by atoms with Gasteiger partial charge in [-0.3, -0.25) is 4.79 Å². The van der Waals surface area contributed by atoms with Crippen LogP contribution in [0.3, 0.4) is 0 Å². The molecule has 1 unspecified atom stereocenters. The molecule has 0 aliphatic rings. The number of rotatable bonds is 5. The number of carbonyl (C=O) groups excluding carboxylic acids is 1. The summed E-state index contributed by atoms with van der Waals surface area (Å²) in [5.41, 5.74) is -0.382. The average Bonchev–Trinajstić information content (AvgIpc) is 2.80. The Bertz CT molecular complexity index is 1390.